The minimum atomic E-state index is -0.398. The number of amidine groups is 1. The molecule has 2 N–H and O–H groups in total. The quantitative estimate of drug-likeness (QED) is 0.755. The fourth-order valence-electron chi connectivity index (χ4n) is 4.73. The lowest BCUT2D eigenvalue weighted by Gasteiger charge is -2.44. The van der Waals surface area contributed by atoms with Crippen molar-refractivity contribution in [1.29, 1.82) is 10.7 Å². The molecule has 31 heavy (non-hydrogen) atoms. The van der Waals surface area contributed by atoms with Crippen molar-refractivity contribution in [2.45, 2.75) is 25.2 Å². The molecule has 162 valence electrons. The highest BCUT2D eigenvalue weighted by molar-refractivity contribution is 7.10. The lowest BCUT2D eigenvalue weighted by molar-refractivity contribution is -0.135. The normalized spacial score (nSPS) is 24.9. The molecule has 0 bridgehead atoms. The second kappa shape index (κ2) is 8.91. The van der Waals surface area contributed by atoms with Crippen LogP contribution in [0.1, 0.15) is 30.2 Å². The van der Waals surface area contributed by atoms with Crippen molar-refractivity contribution in [1.82, 2.24) is 15.1 Å². The first-order valence-corrected chi connectivity index (χ1v) is 11.7. The molecule has 0 radical (unpaired) electrons. The molecule has 0 unspecified atom stereocenters. The Morgan fingerprint density at radius 3 is 2.81 bits per heavy atom. The zero-order valence-electron chi connectivity index (χ0n) is 18.1. The Morgan fingerprint density at radius 2 is 2.06 bits per heavy atom. The number of hydrogen-bond acceptors (Lipinski definition) is 6. The van der Waals surface area contributed by atoms with Crippen molar-refractivity contribution in [3.63, 3.8) is 0 Å². The van der Waals surface area contributed by atoms with Gasteiger partial charge in [-0.25, -0.2) is 0 Å². The molecule has 6 nitrogen and oxygen atoms in total. The number of thiophene rings is 1. The third kappa shape index (κ3) is 4.29. The van der Waals surface area contributed by atoms with E-state index in [1.54, 1.807) is 24.5 Å². The number of benzene rings is 1. The maximum Gasteiger partial charge on any atom is 0.231 e. The minimum Gasteiger partial charge on any atom is -0.314 e. The number of amides is 1. The van der Waals surface area contributed by atoms with Crippen molar-refractivity contribution in [2.24, 2.45) is 5.92 Å². The fourth-order valence-corrected chi connectivity index (χ4v) is 5.87. The molecular weight excluding hydrogens is 406 g/mol. The summed E-state index contributed by atoms with van der Waals surface area (Å²) in [5.74, 6) is 0.279. The van der Waals surface area contributed by atoms with Gasteiger partial charge in [-0.05, 0) is 47.7 Å². The Balaban J connectivity index is 1.62. The van der Waals surface area contributed by atoms with E-state index in [2.05, 4.69) is 34.7 Å². The molecular formula is C24H29N5OS. The third-order valence-corrected chi connectivity index (χ3v) is 7.98. The number of nitriles is 1. The predicted molar refractivity (Wildman–Crippen MR) is 124 cm³/mol. The monoisotopic (exact) mass is 435 g/mol. The van der Waals surface area contributed by atoms with Crippen LogP contribution in [0, 0.1) is 22.7 Å². The summed E-state index contributed by atoms with van der Waals surface area (Å²) in [6.45, 7) is 7.07. The first-order chi connectivity index (χ1) is 14.9. The van der Waals surface area contributed by atoms with Crippen LogP contribution in [0.25, 0.3) is 11.1 Å². The molecule has 0 saturated carbocycles. The van der Waals surface area contributed by atoms with E-state index >= 15 is 0 Å². The van der Waals surface area contributed by atoms with Crippen LogP contribution < -0.4 is 5.32 Å². The van der Waals surface area contributed by atoms with Crippen molar-refractivity contribution in [2.75, 3.05) is 39.8 Å². The molecule has 3 heterocycles. The Kier molecular flexibility index (Phi) is 6.24. The van der Waals surface area contributed by atoms with E-state index in [1.165, 1.54) is 4.90 Å². The molecule has 1 aromatic carbocycles. The van der Waals surface area contributed by atoms with Gasteiger partial charge in [0.15, 0.2) is 0 Å². The second-order valence-corrected chi connectivity index (χ2v) is 9.67. The first kappa shape index (κ1) is 21.7. The lowest BCUT2D eigenvalue weighted by atomic mass is 9.68. The molecule has 1 amide bonds. The number of hydrogen-bond donors (Lipinski definition) is 2. The Morgan fingerprint density at radius 1 is 1.29 bits per heavy atom. The number of nitrogens with zero attached hydrogens (tertiary/aromatic N) is 3. The van der Waals surface area contributed by atoms with Crippen molar-refractivity contribution in [3.05, 3.63) is 46.2 Å². The minimum absolute atomic E-state index is 0.0512. The molecule has 2 atom stereocenters. The first-order valence-electron chi connectivity index (χ1n) is 10.8. The number of piperazine rings is 1. The largest absolute Gasteiger partial charge is 0.314 e. The van der Waals surface area contributed by atoms with Crippen LogP contribution in [-0.2, 0) is 10.2 Å². The highest BCUT2D eigenvalue weighted by Crippen LogP contribution is 2.46. The van der Waals surface area contributed by atoms with Gasteiger partial charge >= 0.3 is 0 Å². The summed E-state index contributed by atoms with van der Waals surface area (Å²) in [6.07, 6.45) is 1.35. The van der Waals surface area contributed by atoms with Crippen molar-refractivity contribution < 1.29 is 4.79 Å². The topological polar surface area (TPSA) is 83.2 Å². The molecule has 0 aliphatic carbocycles. The average molecular weight is 436 g/mol. The molecule has 2 saturated heterocycles. The Hall–Kier alpha value is -2.53. The van der Waals surface area contributed by atoms with Gasteiger partial charge in [0.25, 0.3) is 0 Å². The lowest BCUT2D eigenvalue weighted by Crippen LogP contribution is -2.54. The standard InChI is InChI=1S/C24H29N5OS/c1-24(21-13-19(16-31-21)18-5-3-4-17(12-18)15-25)14-22(26)28(2)23(30)20(24)6-9-29-10-7-27-8-11-29/h3-5,12-13,16,20,26-27H,6-11,14H2,1-2H3/t20-,24-/m0/s1. The van der Waals surface area contributed by atoms with Crippen LogP contribution in [-0.4, -0.2) is 61.3 Å². The van der Waals surface area contributed by atoms with Crippen LogP contribution >= 0.6 is 11.3 Å². The summed E-state index contributed by atoms with van der Waals surface area (Å²) in [5.41, 5.74) is 2.32. The predicted octanol–water partition coefficient (Wildman–Crippen LogP) is 3.30. The molecule has 2 aromatic rings. The second-order valence-electron chi connectivity index (χ2n) is 8.76. The van der Waals surface area contributed by atoms with Gasteiger partial charge in [0.1, 0.15) is 5.84 Å². The SMILES string of the molecule is CN1C(=N)C[C@](C)(c2cc(-c3cccc(C#N)c3)cs2)[C@@H](CCN2CCNCC2)C1=O. The van der Waals surface area contributed by atoms with Gasteiger partial charge in [0, 0.05) is 49.9 Å². The number of rotatable bonds is 5. The summed E-state index contributed by atoms with van der Waals surface area (Å²) in [4.78, 5) is 18.4. The average Bonchev–Trinajstić information content (AvgIpc) is 3.29. The van der Waals surface area contributed by atoms with Crippen LogP contribution in [0.15, 0.2) is 35.7 Å². The molecule has 4 rings (SSSR count). The smallest absolute Gasteiger partial charge is 0.231 e. The van der Waals surface area contributed by atoms with Gasteiger partial charge < -0.3 is 15.1 Å². The van der Waals surface area contributed by atoms with Gasteiger partial charge in [-0.15, -0.1) is 11.3 Å². The van der Waals surface area contributed by atoms with E-state index in [1.807, 2.05) is 18.2 Å². The van der Waals surface area contributed by atoms with Crippen molar-refractivity contribution >= 4 is 23.1 Å². The highest BCUT2D eigenvalue weighted by Gasteiger charge is 2.48. The summed E-state index contributed by atoms with van der Waals surface area (Å²) >= 11 is 1.66. The van der Waals surface area contributed by atoms with E-state index in [-0.39, 0.29) is 11.8 Å². The summed E-state index contributed by atoms with van der Waals surface area (Å²) in [6, 6.07) is 12.0. The van der Waals surface area contributed by atoms with E-state index < -0.39 is 5.41 Å². The molecule has 2 fully saturated rings. The van der Waals surface area contributed by atoms with Crippen molar-refractivity contribution in [3.8, 4) is 17.2 Å². The highest BCUT2D eigenvalue weighted by atomic mass is 32.1. The molecule has 2 aliphatic rings. The molecule has 7 heteroatoms. The third-order valence-electron chi connectivity index (χ3n) is 6.77. The maximum atomic E-state index is 13.3. The van der Waals surface area contributed by atoms with E-state index in [9.17, 15) is 10.1 Å². The Bertz CT molecular complexity index is 1020. The zero-order chi connectivity index (χ0) is 22.0. The van der Waals surface area contributed by atoms with Crippen LogP contribution in [0.2, 0.25) is 0 Å². The molecule has 0 spiro atoms. The fraction of sp³-hybridized carbons (Fsp3) is 0.458. The zero-order valence-corrected chi connectivity index (χ0v) is 19.0. The maximum absolute atomic E-state index is 13.3. The van der Waals surface area contributed by atoms with E-state index in [4.69, 9.17) is 5.41 Å². The van der Waals surface area contributed by atoms with Crippen LogP contribution in [0.4, 0.5) is 0 Å². The van der Waals surface area contributed by atoms with Crippen LogP contribution in [0.3, 0.4) is 0 Å². The van der Waals surface area contributed by atoms with E-state index in [0.29, 0.717) is 17.8 Å². The molecule has 2 aliphatic heterocycles. The summed E-state index contributed by atoms with van der Waals surface area (Å²) < 4.78 is 0. The van der Waals surface area contributed by atoms with Gasteiger partial charge in [-0.1, -0.05) is 19.1 Å². The number of carbonyl (C=O) groups excluding carboxylic acids is 1. The van der Waals surface area contributed by atoms with Gasteiger partial charge in [0.2, 0.25) is 5.91 Å². The molecule has 1 aromatic heterocycles. The van der Waals surface area contributed by atoms with Gasteiger partial charge in [-0.2, -0.15) is 5.26 Å². The number of carbonyl (C=O) groups is 1. The van der Waals surface area contributed by atoms with Gasteiger partial charge in [-0.3, -0.25) is 10.2 Å². The van der Waals surface area contributed by atoms with Crippen LogP contribution in [0.5, 0.6) is 0 Å². The summed E-state index contributed by atoms with van der Waals surface area (Å²) in [7, 11) is 1.73. The van der Waals surface area contributed by atoms with E-state index in [0.717, 1.165) is 55.1 Å². The number of likely N-dealkylation sites (tertiary alicyclic amines) is 1. The number of piperidine rings is 1. The van der Waals surface area contributed by atoms with Gasteiger partial charge in [0.05, 0.1) is 17.6 Å². The Labute approximate surface area is 188 Å². The number of nitrogens with one attached hydrogen (secondary N) is 2. The summed E-state index contributed by atoms with van der Waals surface area (Å²) in [5, 5.41) is 23.1.